The molecule has 114 valence electrons. The van der Waals surface area contributed by atoms with Crippen molar-refractivity contribution in [2.24, 2.45) is 5.92 Å². The number of nitrogens with zero attached hydrogens (tertiary/aromatic N) is 1. The molecule has 0 aliphatic carbocycles. The largest absolute Gasteiger partial charge is 0.481 e. The summed E-state index contributed by atoms with van der Waals surface area (Å²) in [4.78, 5) is 25.0. The van der Waals surface area contributed by atoms with Gasteiger partial charge in [0.25, 0.3) is 0 Å². The molecule has 1 heterocycles. The van der Waals surface area contributed by atoms with E-state index in [2.05, 4.69) is 0 Å². The molecule has 1 amide bonds. The van der Waals surface area contributed by atoms with Crippen molar-refractivity contribution in [2.45, 2.75) is 19.4 Å². The van der Waals surface area contributed by atoms with Gasteiger partial charge in [-0.15, -0.1) is 0 Å². The van der Waals surface area contributed by atoms with Gasteiger partial charge in [-0.3, -0.25) is 9.59 Å². The normalized spacial score (nSPS) is 21.9. The molecule has 2 atom stereocenters. The molecule has 21 heavy (non-hydrogen) atoms. The zero-order valence-electron chi connectivity index (χ0n) is 12.0. The third-order valence-electron chi connectivity index (χ3n) is 3.85. The summed E-state index contributed by atoms with van der Waals surface area (Å²) in [5, 5.41) is 9.36. The standard InChI is InChI=1S/C15H18FNO4/c1-9-3-4-10(16)7-11(9)14-12(15(19)20)8-13(18)17(14)5-6-21-2/h3-4,7,12,14H,5-6,8H2,1-2H3,(H,19,20). The fourth-order valence-electron chi connectivity index (χ4n) is 2.78. The number of methoxy groups -OCH3 is 1. The maximum atomic E-state index is 13.5. The molecule has 1 saturated heterocycles. The molecule has 0 spiro atoms. The number of halogens is 1. The molecule has 1 aromatic rings. The van der Waals surface area contributed by atoms with Crippen molar-refractivity contribution < 1.29 is 23.8 Å². The number of carbonyl (C=O) groups is 2. The zero-order valence-corrected chi connectivity index (χ0v) is 12.0. The Morgan fingerprint density at radius 1 is 1.52 bits per heavy atom. The van der Waals surface area contributed by atoms with E-state index < -0.39 is 23.7 Å². The quantitative estimate of drug-likeness (QED) is 0.898. The lowest BCUT2D eigenvalue weighted by atomic mass is 9.91. The second-order valence-electron chi connectivity index (χ2n) is 5.17. The van der Waals surface area contributed by atoms with Crippen molar-refractivity contribution in [3.63, 3.8) is 0 Å². The highest BCUT2D eigenvalue weighted by Crippen LogP contribution is 2.39. The summed E-state index contributed by atoms with van der Waals surface area (Å²) >= 11 is 0. The van der Waals surface area contributed by atoms with Crippen LogP contribution in [0.5, 0.6) is 0 Å². The Labute approximate surface area is 122 Å². The van der Waals surface area contributed by atoms with Gasteiger partial charge < -0.3 is 14.7 Å². The number of carbonyl (C=O) groups excluding carboxylic acids is 1. The molecule has 0 aromatic heterocycles. The first-order valence-electron chi connectivity index (χ1n) is 6.73. The van der Waals surface area contributed by atoms with Gasteiger partial charge in [-0.2, -0.15) is 0 Å². The number of ether oxygens (including phenoxy) is 1. The van der Waals surface area contributed by atoms with Crippen LogP contribution in [0.15, 0.2) is 18.2 Å². The van der Waals surface area contributed by atoms with Crippen LogP contribution in [0.1, 0.15) is 23.6 Å². The predicted octanol–water partition coefficient (Wildman–Crippen LogP) is 1.75. The minimum absolute atomic E-state index is 0.0698. The number of amides is 1. The number of aliphatic carboxylic acids is 1. The van der Waals surface area contributed by atoms with Crippen molar-refractivity contribution in [2.75, 3.05) is 20.3 Å². The molecular weight excluding hydrogens is 277 g/mol. The minimum atomic E-state index is -1.04. The van der Waals surface area contributed by atoms with Gasteiger partial charge in [0.2, 0.25) is 5.91 Å². The van der Waals surface area contributed by atoms with E-state index >= 15 is 0 Å². The summed E-state index contributed by atoms with van der Waals surface area (Å²) < 4.78 is 18.5. The Morgan fingerprint density at radius 2 is 2.24 bits per heavy atom. The van der Waals surface area contributed by atoms with Crippen LogP contribution in [-0.2, 0) is 14.3 Å². The van der Waals surface area contributed by atoms with E-state index in [1.807, 2.05) is 0 Å². The summed E-state index contributed by atoms with van der Waals surface area (Å²) in [5.41, 5.74) is 1.31. The Morgan fingerprint density at radius 3 is 2.86 bits per heavy atom. The van der Waals surface area contributed by atoms with E-state index in [9.17, 15) is 19.1 Å². The molecule has 0 bridgehead atoms. The van der Waals surface area contributed by atoms with Crippen LogP contribution in [0.25, 0.3) is 0 Å². The number of hydrogen-bond acceptors (Lipinski definition) is 3. The molecule has 1 N–H and O–H groups in total. The first kappa shape index (κ1) is 15.4. The molecule has 2 rings (SSSR count). The van der Waals surface area contributed by atoms with Crippen LogP contribution in [0.3, 0.4) is 0 Å². The minimum Gasteiger partial charge on any atom is -0.481 e. The summed E-state index contributed by atoms with van der Waals surface area (Å²) in [6.45, 7) is 2.38. The fourth-order valence-corrected chi connectivity index (χ4v) is 2.78. The van der Waals surface area contributed by atoms with E-state index in [0.29, 0.717) is 18.7 Å². The Kier molecular flexibility index (Phi) is 4.57. The first-order chi connectivity index (χ1) is 9.95. The number of benzene rings is 1. The Hall–Kier alpha value is -1.95. The van der Waals surface area contributed by atoms with Crippen molar-refractivity contribution in [3.05, 3.63) is 35.1 Å². The van der Waals surface area contributed by atoms with Gasteiger partial charge in [-0.25, -0.2) is 4.39 Å². The fraction of sp³-hybridized carbons (Fsp3) is 0.467. The lowest BCUT2D eigenvalue weighted by Crippen LogP contribution is -2.33. The van der Waals surface area contributed by atoms with Gasteiger partial charge in [-0.1, -0.05) is 6.07 Å². The van der Waals surface area contributed by atoms with E-state index in [1.54, 1.807) is 13.0 Å². The first-order valence-corrected chi connectivity index (χ1v) is 6.73. The van der Waals surface area contributed by atoms with Crippen molar-refractivity contribution in [1.29, 1.82) is 0 Å². The molecule has 1 fully saturated rings. The number of hydrogen-bond donors (Lipinski definition) is 1. The number of aryl methyl sites for hydroxylation is 1. The number of rotatable bonds is 5. The SMILES string of the molecule is COCCN1C(=O)CC(C(=O)O)C1c1cc(F)ccc1C. The molecular formula is C15H18FNO4. The second kappa shape index (κ2) is 6.22. The van der Waals surface area contributed by atoms with Gasteiger partial charge in [-0.05, 0) is 30.2 Å². The lowest BCUT2D eigenvalue weighted by Gasteiger charge is -2.28. The van der Waals surface area contributed by atoms with Crippen molar-refractivity contribution >= 4 is 11.9 Å². The number of carboxylic acids is 1. The zero-order chi connectivity index (χ0) is 15.6. The van der Waals surface area contributed by atoms with Gasteiger partial charge in [0.1, 0.15) is 5.82 Å². The van der Waals surface area contributed by atoms with Gasteiger partial charge in [0, 0.05) is 20.1 Å². The molecule has 0 saturated carbocycles. The second-order valence-corrected chi connectivity index (χ2v) is 5.17. The third-order valence-corrected chi connectivity index (χ3v) is 3.85. The van der Waals surface area contributed by atoms with Crippen LogP contribution in [0.4, 0.5) is 4.39 Å². The average Bonchev–Trinajstić information content (AvgIpc) is 2.76. The van der Waals surface area contributed by atoms with Crippen LogP contribution < -0.4 is 0 Å². The average molecular weight is 295 g/mol. The predicted molar refractivity (Wildman–Crippen MR) is 73.2 cm³/mol. The van der Waals surface area contributed by atoms with E-state index in [4.69, 9.17) is 4.74 Å². The van der Waals surface area contributed by atoms with Crippen molar-refractivity contribution in [3.8, 4) is 0 Å². The third kappa shape index (κ3) is 3.05. The summed E-state index contributed by atoms with van der Waals surface area (Å²) in [5.74, 6) is -2.59. The molecule has 1 aliphatic rings. The van der Waals surface area contributed by atoms with Crippen LogP contribution in [-0.4, -0.2) is 42.1 Å². The number of likely N-dealkylation sites (tertiary alicyclic amines) is 1. The smallest absolute Gasteiger partial charge is 0.309 e. The molecule has 6 heteroatoms. The van der Waals surface area contributed by atoms with Crippen LogP contribution in [0, 0.1) is 18.7 Å². The topological polar surface area (TPSA) is 66.8 Å². The van der Waals surface area contributed by atoms with Crippen molar-refractivity contribution in [1.82, 2.24) is 4.90 Å². The van der Waals surface area contributed by atoms with E-state index in [1.165, 1.54) is 24.1 Å². The summed E-state index contributed by atoms with van der Waals surface area (Å²) in [6.07, 6.45) is -0.0698. The Balaban J connectivity index is 2.43. The molecule has 1 aliphatic heterocycles. The highest BCUT2D eigenvalue weighted by molar-refractivity contribution is 5.87. The maximum Gasteiger partial charge on any atom is 0.309 e. The van der Waals surface area contributed by atoms with E-state index in [-0.39, 0.29) is 12.3 Å². The highest BCUT2D eigenvalue weighted by atomic mass is 19.1. The summed E-state index contributed by atoms with van der Waals surface area (Å²) in [7, 11) is 1.51. The lowest BCUT2D eigenvalue weighted by molar-refractivity contribution is -0.142. The molecule has 5 nitrogen and oxygen atoms in total. The van der Waals surface area contributed by atoms with Gasteiger partial charge >= 0.3 is 5.97 Å². The van der Waals surface area contributed by atoms with Crippen LogP contribution in [0.2, 0.25) is 0 Å². The van der Waals surface area contributed by atoms with Gasteiger partial charge in [0.15, 0.2) is 0 Å². The van der Waals surface area contributed by atoms with Gasteiger partial charge in [0.05, 0.1) is 18.6 Å². The Bertz CT molecular complexity index is 561. The highest BCUT2D eigenvalue weighted by Gasteiger charge is 2.44. The van der Waals surface area contributed by atoms with Crippen LogP contribution >= 0.6 is 0 Å². The van der Waals surface area contributed by atoms with E-state index in [0.717, 1.165) is 5.56 Å². The molecule has 1 aromatic carbocycles. The molecule has 2 unspecified atom stereocenters. The number of carboxylic acid groups (broad SMARTS) is 1. The monoisotopic (exact) mass is 295 g/mol. The maximum absolute atomic E-state index is 13.5. The molecule has 0 radical (unpaired) electrons. The summed E-state index contributed by atoms with van der Waals surface area (Å²) in [6, 6.07) is 3.58.